The lowest BCUT2D eigenvalue weighted by Crippen LogP contribution is -2.42. The third-order valence-corrected chi connectivity index (χ3v) is 2.90. The van der Waals surface area contributed by atoms with Crippen LogP contribution in [0.4, 0.5) is 0 Å². The molecule has 0 aromatic carbocycles. The first kappa shape index (κ1) is 15.9. The Morgan fingerprint density at radius 2 is 1.62 bits per heavy atom. The van der Waals surface area contributed by atoms with Crippen LogP contribution in [-0.2, 0) is 0 Å². The second-order valence-electron chi connectivity index (χ2n) is 5.52. The molecule has 0 fully saturated rings. The van der Waals surface area contributed by atoms with Crippen LogP contribution in [0.2, 0.25) is 0 Å². The van der Waals surface area contributed by atoms with Gasteiger partial charge in [-0.15, -0.1) is 0 Å². The van der Waals surface area contributed by atoms with E-state index in [0.717, 1.165) is 25.9 Å². The quantitative estimate of drug-likeness (QED) is 0.557. The fourth-order valence-electron chi connectivity index (χ4n) is 1.78. The van der Waals surface area contributed by atoms with Gasteiger partial charge in [-0.2, -0.15) is 0 Å². The summed E-state index contributed by atoms with van der Waals surface area (Å²) in [5, 5.41) is 16.6. The van der Waals surface area contributed by atoms with E-state index in [2.05, 4.69) is 45.3 Å². The molecular weight excluding hydrogens is 200 g/mol. The van der Waals surface area contributed by atoms with Crippen LogP contribution < -0.4 is 10.6 Å². The Bertz CT molecular complexity index is 162. The first-order valence-corrected chi connectivity index (χ1v) is 6.54. The molecule has 1 unspecified atom stereocenters. The summed E-state index contributed by atoms with van der Waals surface area (Å²) in [7, 11) is 0. The topological polar surface area (TPSA) is 44.3 Å². The fraction of sp³-hybridized carbons (Fsp3) is 1.00. The molecule has 0 saturated carbocycles. The first-order valence-electron chi connectivity index (χ1n) is 6.54. The number of aliphatic hydroxyl groups is 1. The minimum absolute atomic E-state index is 0.176. The van der Waals surface area contributed by atoms with Crippen molar-refractivity contribution in [2.45, 2.75) is 59.1 Å². The molecule has 0 aliphatic rings. The molecule has 1 atom stereocenters. The zero-order chi connectivity index (χ0) is 12.6. The van der Waals surface area contributed by atoms with Crippen molar-refractivity contribution in [3.8, 4) is 0 Å². The lowest BCUT2D eigenvalue weighted by atomic mass is 9.97. The van der Waals surface area contributed by atoms with Crippen molar-refractivity contribution in [1.29, 1.82) is 0 Å². The molecule has 0 saturated heterocycles. The van der Waals surface area contributed by atoms with Crippen molar-refractivity contribution in [1.82, 2.24) is 10.6 Å². The van der Waals surface area contributed by atoms with Gasteiger partial charge in [0.05, 0.1) is 6.10 Å². The number of hydrogen-bond acceptors (Lipinski definition) is 3. The summed E-state index contributed by atoms with van der Waals surface area (Å²) >= 11 is 0. The molecule has 0 radical (unpaired) electrons. The second-order valence-corrected chi connectivity index (χ2v) is 5.52. The molecule has 98 valence electrons. The van der Waals surface area contributed by atoms with E-state index in [9.17, 15) is 5.11 Å². The minimum atomic E-state index is -0.204. The molecule has 0 aliphatic carbocycles. The summed E-state index contributed by atoms with van der Waals surface area (Å²) in [6, 6.07) is 0. The summed E-state index contributed by atoms with van der Waals surface area (Å²) in [6.07, 6.45) is 1.91. The second kappa shape index (κ2) is 8.04. The number of hydrogen-bond donors (Lipinski definition) is 3. The molecule has 0 aliphatic heterocycles. The summed E-state index contributed by atoms with van der Waals surface area (Å²) in [5.74, 6) is 0.433. The van der Waals surface area contributed by atoms with Gasteiger partial charge in [0, 0.05) is 25.2 Å². The monoisotopic (exact) mass is 230 g/mol. The molecule has 0 spiro atoms. The van der Waals surface area contributed by atoms with Gasteiger partial charge >= 0.3 is 0 Å². The highest BCUT2D eigenvalue weighted by atomic mass is 16.3. The van der Waals surface area contributed by atoms with Crippen molar-refractivity contribution in [2.75, 3.05) is 19.6 Å². The Kier molecular flexibility index (Phi) is 7.98. The molecule has 3 heteroatoms. The molecule has 0 heterocycles. The average Bonchev–Trinajstić information content (AvgIpc) is 2.17. The molecular formula is C13H30N2O. The van der Waals surface area contributed by atoms with Crippen LogP contribution in [0.25, 0.3) is 0 Å². The lowest BCUT2D eigenvalue weighted by Gasteiger charge is -2.22. The largest absolute Gasteiger partial charge is 0.392 e. The number of rotatable bonds is 8. The predicted molar refractivity (Wildman–Crippen MR) is 70.7 cm³/mol. The molecule has 16 heavy (non-hydrogen) atoms. The summed E-state index contributed by atoms with van der Waals surface area (Å²) in [4.78, 5) is 0. The highest BCUT2D eigenvalue weighted by molar-refractivity contribution is 4.72. The Morgan fingerprint density at radius 3 is 2.06 bits per heavy atom. The Labute approximate surface area is 101 Å². The van der Waals surface area contributed by atoms with Gasteiger partial charge in [-0.3, -0.25) is 0 Å². The van der Waals surface area contributed by atoms with Crippen LogP contribution in [0, 0.1) is 5.92 Å². The molecule has 3 nitrogen and oxygen atoms in total. The highest BCUT2D eigenvalue weighted by Crippen LogP contribution is 2.11. The number of nitrogens with one attached hydrogen (secondary N) is 2. The van der Waals surface area contributed by atoms with Gasteiger partial charge in [-0.05, 0) is 26.7 Å². The van der Waals surface area contributed by atoms with Gasteiger partial charge in [-0.25, -0.2) is 0 Å². The lowest BCUT2D eigenvalue weighted by molar-refractivity contribution is 0.102. The highest BCUT2D eigenvalue weighted by Gasteiger charge is 2.14. The van der Waals surface area contributed by atoms with Crippen LogP contribution in [-0.4, -0.2) is 36.4 Å². The Morgan fingerprint density at radius 1 is 1.06 bits per heavy atom. The average molecular weight is 230 g/mol. The maximum absolute atomic E-state index is 9.89. The zero-order valence-electron chi connectivity index (χ0n) is 11.6. The Balaban J connectivity index is 3.51. The SMILES string of the molecule is CCC(CC)C(O)CNCCNC(C)(C)C. The fourth-order valence-corrected chi connectivity index (χ4v) is 1.78. The van der Waals surface area contributed by atoms with E-state index in [0.29, 0.717) is 12.5 Å². The minimum Gasteiger partial charge on any atom is -0.392 e. The van der Waals surface area contributed by atoms with Gasteiger partial charge in [0.25, 0.3) is 0 Å². The maximum Gasteiger partial charge on any atom is 0.0692 e. The van der Waals surface area contributed by atoms with Crippen LogP contribution in [0.15, 0.2) is 0 Å². The molecule has 3 N–H and O–H groups in total. The summed E-state index contributed by atoms with van der Waals surface area (Å²) in [6.45, 7) is 13.3. The van der Waals surface area contributed by atoms with Crippen molar-refractivity contribution in [3.63, 3.8) is 0 Å². The van der Waals surface area contributed by atoms with Crippen molar-refractivity contribution >= 4 is 0 Å². The van der Waals surface area contributed by atoms with E-state index in [-0.39, 0.29) is 11.6 Å². The van der Waals surface area contributed by atoms with Crippen LogP contribution in [0.1, 0.15) is 47.5 Å². The van der Waals surface area contributed by atoms with Crippen LogP contribution >= 0.6 is 0 Å². The van der Waals surface area contributed by atoms with Crippen molar-refractivity contribution in [2.24, 2.45) is 5.92 Å². The molecule has 0 rings (SSSR count). The van der Waals surface area contributed by atoms with Gasteiger partial charge in [0.1, 0.15) is 0 Å². The van der Waals surface area contributed by atoms with Gasteiger partial charge in [-0.1, -0.05) is 26.7 Å². The molecule has 0 aromatic heterocycles. The van der Waals surface area contributed by atoms with E-state index < -0.39 is 0 Å². The van der Waals surface area contributed by atoms with Gasteiger partial charge in [0.15, 0.2) is 0 Å². The van der Waals surface area contributed by atoms with E-state index in [1.165, 1.54) is 0 Å². The number of aliphatic hydroxyl groups excluding tert-OH is 1. The third-order valence-electron chi connectivity index (χ3n) is 2.90. The molecule has 0 bridgehead atoms. The van der Waals surface area contributed by atoms with E-state index in [4.69, 9.17) is 0 Å². The van der Waals surface area contributed by atoms with E-state index >= 15 is 0 Å². The van der Waals surface area contributed by atoms with Gasteiger partial charge < -0.3 is 15.7 Å². The summed E-state index contributed by atoms with van der Waals surface area (Å²) in [5.41, 5.74) is 0.176. The van der Waals surface area contributed by atoms with E-state index in [1.54, 1.807) is 0 Å². The maximum atomic E-state index is 9.89. The smallest absolute Gasteiger partial charge is 0.0692 e. The third kappa shape index (κ3) is 8.08. The van der Waals surface area contributed by atoms with Gasteiger partial charge in [0.2, 0.25) is 0 Å². The van der Waals surface area contributed by atoms with E-state index in [1.807, 2.05) is 0 Å². The molecule has 0 aromatic rings. The zero-order valence-corrected chi connectivity index (χ0v) is 11.6. The Hall–Kier alpha value is -0.120. The van der Waals surface area contributed by atoms with Crippen LogP contribution in [0.3, 0.4) is 0 Å². The normalized spacial score (nSPS) is 14.4. The van der Waals surface area contributed by atoms with Crippen molar-refractivity contribution in [3.05, 3.63) is 0 Å². The van der Waals surface area contributed by atoms with Crippen LogP contribution in [0.5, 0.6) is 0 Å². The first-order chi connectivity index (χ1) is 7.40. The van der Waals surface area contributed by atoms with Crippen molar-refractivity contribution < 1.29 is 5.11 Å². The summed E-state index contributed by atoms with van der Waals surface area (Å²) < 4.78 is 0. The standard InChI is InChI=1S/C13H30N2O/c1-6-11(7-2)12(16)10-14-8-9-15-13(3,4)5/h11-12,14-16H,6-10H2,1-5H3. The predicted octanol–water partition coefficient (Wildman–Crippen LogP) is 1.76. The molecule has 0 amide bonds.